The van der Waals surface area contributed by atoms with E-state index < -0.39 is 0 Å². The molecule has 17 heavy (non-hydrogen) atoms. The minimum absolute atomic E-state index is 0.127. The predicted octanol–water partition coefficient (Wildman–Crippen LogP) is 2.64. The van der Waals surface area contributed by atoms with Gasteiger partial charge in [-0.05, 0) is 18.8 Å². The third-order valence-corrected chi connectivity index (χ3v) is 3.88. The van der Waals surface area contributed by atoms with Gasteiger partial charge in [0.2, 0.25) is 0 Å². The Labute approximate surface area is 107 Å². The first-order valence-electron chi connectivity index (χ1n) is 6.43. The summed E-state index contributed by atoms with van der Waals surface area (Å²) in [4.78, 5) is 0. The number of rotatable bonds is 6. The maximum absolute atomic E-state index is 6.22. The fraction of sp³-hybridized carbons (Fsp3) is 0.750. The molecule has 0 bridgehead atoms. The minimum Gasteiger partial charge on any atom is -0.271 e. The van der Waals surface area contributed by atoms with E-state index in [1.807, 2.05) is 4.68 Å². The van der Waals surface area contributed by atoms with Crippen LogP contribution in [0.5, 0.6) is 0 Å². The lowest BCUT2D eigenvalue weighted by Gasteiger charge is -2.29. The first-order valence-corrected chi connectivity index (χ1v) is 6.81. The van der Waals surface area contributed by atoms with Crippen molar-refractivity contribution in [3.8, 4) is 0 Å². The van der Waals surface area contributed by atoms with Gasteiger partial charge in [-0.15, -0.1) is 0 Å². The van der Waals surface area contributed by atoms with Crippen LogP contribution >= 0.6 is 11.6 Å². The van der Waals surface area contributed by atoms with Gasteiger partial charge in [-0.3, -0.25) is 16.0 Å². The number of nitrogens with two attached hydrogens (primary N) is 1. The van der Waals surface area contributed by atoms with E-state index >= 15 is 0 Å². The van der Waals surface area contributed by atoms with Crippen molar-refractivity contribution in [3.63, 3.8) is 0 Å². The van der Waals surface area contributed by atoms with Gasteiger partial charge in [-0.2, -0.15) is 5.10 Å². The van der Waals surface area contributed by atoms with E-state index in [1.165, 1.54) is 19.3 Å². The molecule has 1 unspecified atom stereocenters. The molecule has 1 aliphatic carbocycles. The van der Waals surface area contributed by atoms with Gasteiger partial charge < -0.3 is 0 Å². The highest BCUT2D eigenvalue weighted by Crippen LogP contribution is 2.36. The molecule has 0 spiro atoms. The Morgan fingerprint density at radius 3 is 2.94 bits per heavy atom. The zero-order chi connectivity index (χ0) is 12.3. The molecule has 0 radical (unpaired) electrons. The number of hydrazine groups is 1. The third kappa shape index (κ3) is 2.81. The van der Waals surface area contributed by atoms with Crippen molar-refractivity contribution >= 4 is 11.6 Å². The van der Waals surface area contributed by atoms with Crippen LogP contribution in [-0.4, -0.2) is 9.78 Å². The van der Waals surface area contributed by atoms with Crippen molar-refractivity contribution in [1.29, 1.82) is 0 Å². The molecule has 1 aromatic heterocycles. The fourth-order valence-corrected chi connectivity index (χ4v) is 2.70. The lowest BCUT2D eigenvalue weighted by molar-refractivity contribution is 0.256. The van der Waals surface area contributed by atoms with Crippen LogP contribution in [0, 0.1) is 5.92 Å². The van der Waals surface area contributed by atoms with Gasteiger partial charge in [0.1, 0.15) is 0 Å². The van der Waals surface area contributed by atoms with Gasteiger partial charge in [0.05, 0.1) is 23.0 Å². The second-order valence-electron chi connectivity index (χ2n) is 4.85. The van der Waals surface area contributed by atoms with Gasteiger partial charge in [0, 0.05) is 6.54 Å². The molecule has 2 rings (SSSR count). The molecular formula is C12H21ClN4. The van der Waals surface area contributed by atoms with Crippen LogP contribution in [0.1, 0.15) is 50.8 Å². The Bertz CT molecular complexity index is 359. The van der Waals surface area contributed by atoms with E-state index in [0.717, 1.165) is 36.0 Å². The zero-order valence-corrected chi connectivity index (χ0v) is 11.1. The summed E-state index contributed by atoms with van der Waals surface area (Å²) in [5, 5.41) is 5.04. The smallest absolute Gasteiger partial charge is 0.0834 e. The Balaban J connectivity index is 2.12. The van der Waals surface area contributed by atoms with Crippen molar-refractivity contribution in [3.05, 3.63) is 16.9 Å². The summed E-state index contributed by atoms with van der Waals surface area (Å²) in [6.45, 7) is 3.03. The summed E-state index contributed by atoms with van der Waals surface area (Å²) < 4.78 is 1.98. The summed E-state index contributed by atoms with van der Waals surface area (Å²) in [6.07, 6.45) is 7.81. The monoisotopic (exact) mass is 256 g/mol. The van der Waals surface area contributed by atoms with Crippen molar-refractivity contribution in [2.75, 3.05) is 0 Å². The Morgan fingerprint density at radius 1 is 1.65 bits per heavy atom. The van der Waals surface area contributed by atoms with Crippen molar-refractivity contribution in [2.45, 2.75) is 51.6 Å². The van der Waals surface area contributed by atoms with E-state index in [9.17, 15) is 0 Å². The molecule has 0 amide bonds. The standard InChI is InChI=1S/C12H21ClN4/c1-2-6-17-12(10(13)8-15-17)11(16-14)7-9-4-3-5-9/h8-9,11,16H,2-7,14H2,1H3. The molecule has 3 N–H and O–H groups in total. The molecule has 96 valence electrons. The summed E-state index contributed by atoms with van der Waals surface area (Å²) >= 11 is 6.22. The highest BCUT2D eigenvalue weighted by Gasteiger charge is 2.26. The molecule has 1 fully saturated rings. The van der Waals surface area contributed by atoms with Crippen LogP contribution in [0.4, 0.5) is 0 Å². The predicted molar refractivity (Wildman–Crippen MR) is 69.6 cm³/mol. The third-order valence-electron chi connectivity index (χ3n) is 3.59. The number of nitrogens with zero attached hydrogens (tertiary/aromatic N) is 2. The van der Waals surface area contributed by atoms with E-state index in [1.54, 1.807) is 6.20 Å². The van der Waals surface area contributed by atoms with E-state index in [4.69, 9.17) is 17.4 Å². The van der Waals surface area contributed by atoms with Crippen LogP contribution in [0.25, 0.3) is 0 Å². The molecule has 1 saturated carbocycles. The molecule has 5 heteroatoms. The van der Waals surface area contributed by atoms with Crippen molar-refractivity contribution in [1.82, 2.24) is 15.2 Å². The van der Waals surface area contributed by atoms with E-state index in [0.29, 0.717) is 0 Å². The summed E-state index contributed by atoms with van der Waals surface area (Å²) in [6, 6.07) is 0.127. The van der Waals surface area contributed by atoms with Gasteiger partial charge in [0.25, 0.3) is 0 Å². The van der Waals surface area contributed by atoms with Crippen LogP contribution in [-0.2, 0) is 6.54 Å². The van der Waals surface area contributed by atoms with Crippen molar-refractivity contribution < 1.29 is 0 Å². The largest absolute Gasteiger partial charge is 0.271 e. The minimum atomic E-state index is 0.127. The maximum Gasteiger partial charge on any atom is 0.0834 e. The van der Waals surface area contributed by atoms with Crippen LogP contribution in [0.15, 0.2) is 6.20 Å². The second kappa shape index (κ2) is 5.85. The molecule has 1 aliphatic rings. The zero-order valence-electron chi connectivity index (χ0n) is 10.3. The number of aryl methyl sites for hydroxylation is 1. The summed E-state index contributed by atoms with van der Waals surface area (Å²) in [5.41, 5.74) is 3.94. The number of hydrogen-bond donors (Lipinski definition) is 2. The van der Waals surface area contributed by atoms with Crippen LogP contribution in [0.2, 0.25) is 5.02 Å². The Kier molecular flexibility index (Phi) is 4.42. The van der Waals surface area contributed by atoms with Crippen molar-refractivity contribution in [2.24, 2.45) is 11.8 Å². The average molecular weight is 257 g/mol. The number of nitrogens with one attached hydrogen (secondary N) is 1. The first kappa shape index (κ1) is 12.9. The average Bonchev–Trinajstić information content (AvgIpc) is 2.61. The summed E-state index contributed by atoms with van der Waals surface area (Å²) in [5.74, 6) is 6.46. The number of halogens is 1. The van der Waals surface area contributed by atoms with E-state index in [-0.39, 0.29) is 6.04 Å². The molecule has 1 atom stereocenters. The Morgan fingerprint density at radius 2 is 2.41 bits per heavy atom. The fourth-order valence-electron chi connectivity index (χ4n) is 2.43. The highest BCUT2D eigenvalue weighted by molar-refractivity contribution is 6.31. The summed E-state index contributed by atoms with van der Waals surface area (Å²) in [7, 11) is 0. The van der Waals surface area contributed by atoms with Crippen LogP contribution in [0.3, 0.4) is 0 Å². The van der Waals surface area contributed by atoms with Gasteiger partial charge in [0.15, 0.2) is 0 Å². The lowest BCUT2D eigenvalue weighted by atomic mass is 9.80. The lowest BCUT2D eigenvalue weighted by Crippen LogP contribution is -2.33. The quantitative estimate of drug-likeness (QED) is 0.608. The topological polar surface area (TPSA) is 55.9 Å². The van der Waals surface area contributed by atoms with Gasteiger partial charge in [-0.25, -0.2) is 0 Å². The molecule has 0 aliphatic heterocycles. The highest BCUT2D eigenvalue weighted by atomic mass is 35.5. The number of hydrogen-bond acceptors (Lipinski definition) is 3. The Hall–Kier alpha value is -0.580. The maximum atomic E-state index is 6.22. The molecule has 0 aromatic carbocycles. The van der Waals surface area contributed by atoms with E-state index in [2.05, 4.69) is 17.4 Å². The molecule has 1 aromatic rings. The van der Waals surface area contributed by atoms with Gasteiger partial charge >= 0.3 is 0 Å². The van der Waals surface area contributed by atoms with Crippen LogP contribution < -0.4 is 11.3 Å². The normalized spacial score (nSPS) is 18.1. The van der Waals surface area contributed by atoms with Gasteiger partial charge in [-0.1, -0.05) is 37.8 Å². The first-order chi connectivity index (χ1) is 8.26. The second-order valence-corrected chi connectivity index (χ2v) is 5.26. The molecule has 0 saturated heterocycles. The molecule has 1 heterocycles. The molecule has 4 nitrogen and oxygen atoms in total. The SMILES string of the molecule is CCCn1ncc(Cl)c1C(CC1CCC1)NN. The number of aromatic nitrogens is 2. The molecular weight excluding hydrogens is 236 g/mol.